The second kappa shape index (κ2) is 13.5. The Balaban J connectivity index is 0. The van der Waals surface area contributed by atoms with Gasteiger partial charge in [0.1, 0.15) is 24.5 Å². The zero-order valence-corrected chi connectivity index (χ0v) is 17.8. The minimum atomic E-state index is -4.64. The van der Waals surface area contributed by atoms with Gasteiger partial charge in [-0.2, -0.15) is 9.78 Å². The smallest absolute Gasteiger partial charge is 0.394 e. The molecule has 0 amide bonds. The van der Waals surface area contributed by atoms with E-state index in [0.717, 1.165) is 6.20 Å². The molecule has 0 unspecified atom stereocenters. The van der Waals surface area contributed by atoms with E-state index in [2.05, 4.69) is 5.10 Å². The Morgan fingerprint density at radius 2 is 1.25 bits per heavy atom. The molecule has 2 heterocycles. The van der Waals surface area contributed by atoms with Gasteiger partial charge in [-0.05, 0) is 0 Å². The highest BCUT2D eigenvalue weighted by Gasteiger charge is 2.44. The van der Waals surface area contributed by atoms with E-state index in [1.807, 2.05) is 4.98 Å². The highest BCUT2D eigenvalue weighted by molar-refractivity contribution is 7.45. The van der Waals surface area contributed by atoms with Gasteiger partial charge >= 0.3 is 29.2 Å². The number of hydrogen-bond donors (Lipinski definition) is 13. The van der Waals surface area contributed by atoms with Crippen LogP contribution < -0.4 is 11.2 Å². The molecule has 0 bridgehead atoms. The first-order valence-electron chi connectivity index (χ1n) is 7.20. The molecule has 1 fully saturated rings. The minimum absolute atomic E-state index is 0.507. The lowest BCUT2D eigenvalue weighted by atomic mass is 10.1. The van der Waals surface area contributed by atoms with Gasteiger partial charge in [-0.15, -0.1) is 0 Å². The standard InChI is InChI=1S/C8H11N3O6.3H3O4P/c12-2-3-5(14)6(15)7(17-3)11-8(16)10-4(13)1-9-11;3*1-5(2,3)4/h1,3,5-7,12,14-15H,2H2,(H,10,13,16);3*(H3,1,2,3,4)/t3-,5-,6-,7-;;;/m1.../s1. The van der Waals surface area contributed by atoms with Crippen LogP contribution in [0.5, 0.6) is 0 Å². The quantitative estimate of drug-likeness (QED) is 0.155. The van der Waals surface area contributed by atoms with Gasteiger partial charge in [0.05, 0.1) is 6.61 Å². The SMILES string of the molecule is O=P(O)(O)O.O=P(O)(O)O.O=P(O)(O)O.O=c1cnn([C@@H]2O[C@H](CO)[C@@H](O)[C@H]2O)c(=O)[nH]1. The van der Waals surface area contributed by atoms with Crippen molar-refractivity contribution in [2.24, 2.45) is 0 Å². The fraction of sp³-hybridized carbons (Fsp3) is 0.625. The van der Waals surface area contributed by atoms with E-state index in [1.54, 1.807) is 0 Å². The van der Waals surface area contributed by atoms with Crippen LogP contribution in [0.1, 0.15) is 6.23 Å². The number of ether oxygens (including phenoxy) is 1. The minimum Gasteiger partial charge on any atom is -0.394 e. The van der Waals surface area contributed by atoms with E-state index in [0.29, 0.717) is 4.68 Å². The fourth-order valence-corrected chi connectivity index (χ4v) is 1.63. The third kappa shape index (κ3) is 19.5. The zero-order valence-electron chi connectivity index (χ0n) is 15.1. The summed E-state index contributed by atoms with van der Waals surface area (Å²) in [6.07, 6.45) is -4.15. The molecule has 0 aromatic carbocycles. The van der Waals surface area contributed by atoms with Crippen molar-refractivity contribution in [1.29, 1.82) is 0 Å². The van der Waals surface area contributed by atoms with Crippen LogP contribution in [0.2, 0.25) is 0 Å². The van der Waals surface area contributed by atoms with Crippen LogP contribution in [0.3, 0.4) is 0 Å². The van der Waals surface area contributed by atoms with Gasteiger partial charge in [-0.3, -0.25) is 9.78 Å². The number of H-pyrrole nitrogens is 1. The molecule has 4 atom stereocenters. The normalized spacial score (nSPS) is 23.0. The molecule has 1 aromatic rings. The number of nitrogens with zero attached hydrogens (tertiary/aromatic N) is 2. The number of aromatic amines is 1. The molecule has 0 saturated carbocycles. The Morgan fingerprint density at radius 1 is 0.875 bits per heavy atom. The number of aromatic nitrogens is 3. The largest absolute Gasteiger partial charge is 0.466 e. The number of phosphoric acid groups is 3. The summed E-state index contributed by atoms with van der Waals surface area (Å²) in [6, 6.07) is 0. The lowest BCUT2D eigenvalue weighted by molar-refractivity contribution is -0.0618. The lowest BCUT2D eigenvalue weighted by Gasteiger charge is -2.14. The van der Waals surface area contributed by atoms with E-state index < -0.39 is 65.9 Å². The molecule has 13 N–H and O–H groups in total. The van der Waals surface area contributed by atoms with Gasteiger partial charge in [0.2, 0.25) is 0 Å². The van der Waals surface area contributed by atoms with Crippen molar-refractivity contribution in [3.63, 3.8) is 0 Å². The summed E-state index contributed by atoms with van der Waals surface area (Å²) in [4.78, 5) is 88.8. The van der Waals surface area contributed by atoms with Crippen LogP contribution in [-0.4, -0.2) is 99.0 Å². The molecule has 2 rings (SSSR count). The molecule has 0 aliphatic carbocycles. The molecule has 1 aromatic heterocycles. The summed E-state index contributed by atoms with van der Waals surface area (Å²) in [5.41, 5.74) is -1.55. The Bertz CT molecular complexity index is 871. The van der Waals surface area contributed by atoms with Crippen LogP contribution >= 0.6 is 23.5 Å². The van der Waals surface area contributed by atoms with E-state index in [9.17, 15) is 19.8 Å². The second-order valence-corrected chi connectivity index (χ2v) is 8.23. The summed E-state index contributed by atoms with van der Waals surface area (Å²) >= 11 is 0. The molecule has 0 radical (unpaired) electrons. The number of nitrogens with one attached hydrogen (secondary N) is 1. The monoisotopic (exact) mass is 539 g/mol. The molecule has 21 nitrogen and oxygen atoms in total. The highest BCUT2D eigenvalue weighted by Crippen LogP contribution is 2.27. The first-order valence-corrected chi connectivity index (χ1v) is 11.9. The summed E-state index contributed by atoms with van der Waals surface area (Å²) in [7, 11) is -13.9. The summed E-state index contributed by atoms with van der Waals surface area (Å²) in [6.45, 7) is -0.507. The lowest BCUT2D eigenvalue weighted by Crippen LogP contribution is -2.39. The Morgan fingerprint density at radius 3 is 1.53 bits per heavy atom. The molecular weight excluding hydrogens is 519 g/mol. The number of hydrogen-bond acceptors (Lipinski definition) is 10. The van der Waals surface area contributed by atoms with Crippen molar-refractivity contribution < 1.29 is 77.8 Å². The molecule has 190 valence electrons. The van der Waals surface area contributed by atoms with Crippen molar-refractivity contribution in [1.82, 2.24) is 14.8 Å². The Kier molecular flexibility index (Phi) is 13.9. The molecule has 24 heteroatoms. The first kappa shape index (κ1) is 33.0. The topological polar surface area (TPSA) is 371 Å². The maximum absolute atomic E-state index is 11.4. The fourth-order valence-electron chi connectivity index (χ4n) is 1.63. The first-order chi connectivity index (χ1) is 14.0. The van der Waals surface area contributed by atoms with Crippen molar-refractivity contribution >= 4 is 23.5 Å². The third-order valence-corrected chi connectivity index (χ3v) is 2.50. The van der Waals surface area contributed by atoms with Gasteiger partial charge in [-0.1, -0.05) is 0 Å². The Hall–Kier alpha value is -1.22. The van der Waals surface area contributed by atoms with E-state index in [-0.39, 0.29) is 0 Å². The van der Waals surface area contributed by atoms with Gasteiger partial charge in [0, 0.05) is 0 Å². The molecule has 0 spiro atoms. The maximum atomic E-state index is 11.4. The van der Waals surface area contributed by atoms with Gasteiger partial charge in [0.25, 0.3) is 5.56 Å². The van der Waals surface area contributed by atoms with Crippen LogP contribution in [-0.2, 0) is 18.4 Å². The summed E-state index contributed by atoms with van der Waals surface area (Å²) in [5.74, 6) is 0. The van der Waals surface area contributed by atoms with Crippen molar-refractivity contribution in [3.8, 4) is 0 Å². The predicted molar refractivity (Wildman–Crippen MR) is 94.9 cm³/mol. The van der Waals surface area contributed by atoms with Crippen LogP contribution in [0.25, 0.3) is 0 Å². The van der Waals surface area contributed by atoms with Gasteiger partial charge in [0.15, 0.2) is 6.23 Å². The highest BCUT2D eigenvalue weighted by atomic mass is 31.2. The molecule has 1 saturated heterocycles. The second-order valence-electron chi connectivity index (χ2n) is 5.15. The number of aliphatic hydroxyl groups excluding tert-OH is 3. The van der Waals surface area contributed by atoms with Crippen LogP contribution in [0.4, 0.5) is 0 Å². The van der Waals surface area contributed by atoms with E-state index in [1.165, 1.54) is 0 Å². The van der Waals surface area contributed by atoms with Crippen molar-refractivity contribution in [2.45, 2.75) is 24.5 Å². The van der Waals surface area contributed by atoms with Gasteiger partial charge in [-0.25, -0.2) is 18.5 Å². The third-order valence-electron chi connectivity index (χ3n) is 2.50. The van der Waals surface area contributed by atoms with Crippen LogP contribution in [0.15, 0.2) is 15.8 Å². The molecular formula is C8H20N3O18P3. The van der Waals surface area contributed by atoms with Crippen molar-refractivity contribution in [3.05, 3.63) is 27.0 Å². The predicted octanol–water partition coefficient (Wildman–Crippen LogP) is -6.24. The van der Waals surface area contributed by atoms with Crippen molar-refractivity contribution in [2.75, 3.05) is 6.61 Å². The maximum Gasteiger partial charge on any atom is 0.466 e. The molecule has 32 heavy (non-hydrogen) atoms. The average Bonchev–Trinajstić information content (AvgIpc) is 2.78. The van der Waals surface area contributed by atoms with Gasteiger partial charge < -0.3 is 64.1 Å². The molecule has 1 aliphatic heterocycles. The van der Waals surface area contributed by atoms with E-state index >= 15 is 0 Å². The Labute approximate surface area is 175 Å². The van der Waals surface area contributed by atoms with Crippen LogP contribution in [0, 0.1) is 0 Å². The van der Waals surface area contributed by atoms with E-state index in [4.69, 9.17) is 67.6 Å². The number of aliphatic hydroxyl groups is 3. The summed E-state index contributed by atoms with van der Waals surface area (Å²) < 4.78 is 32.4. The summed E-state index contributed by atoms with van der Waals surface area (Å²) in [5, 5.41) is 31.5. The average molecular weight is 539 g/mol. The zero-order chi connectivity index (χ0) is 26.1. The number of rotatable bonds is 2. The molecule has 1 aliphatic rings.